The van der Waals surface area contributed by atoms with Crippen molar-refractivity contribution in [3.05, 3.63) is 17.7 Å². The molecule has 4 nitrogen and oxygen atoms in total. The van der Waals surface area contributed by atoms with Crippen molar-refractivity contribution in [2.45, 2.75) is 32.4 Å². The van der Waals surface area contributed by atoms with E-state index in [0.717, 1.165) is 18.9 Å². The van der Waals surface area contributed by atoms with Crippen molar-refractivity contribution in [2.24, 2.45) is 0 Å². The van der Waals surface area contributed by atoms with Gasteiger partial charge in [0.1, 0.15) is 12.4 Å². The van der Waals surface area contributed by atoms with Crippen LogP contribution in [0.25, 0.3) is 0 Å². The highest BCUT2D eigenvalue weighted by Crippen LogP contribution is 2.21. The van der Waals surface area contributed by atoms with E-state index in [1.807, 2.05) is 6.20 Å². The zero-order valence-electron chi connectivity index (χ0n) is 9.90. The van der Waals surface area contributed by atoms with Crippen LogP contribution < -0.4 is 5.32 Å². The van der Waals surface area contributed by atoms with E-state index in [2.05, 4.69) is 21.8 Å². The Morgan fingerprint density at radius 1 is 1.62 bits per heavy atom. The molecule has 0 spiro atoms. The summed E-state index contributed by atoms with van der Waals surface area (Å²) in [6, 6.07) is 0.548. The molecule has 1 aromatic heterocycles. The Labute approximate surface area is 103 Å². The largest absolute Gasteiger partial charge is 0.377 e. The highest BCUT2D eigenvalue weighted by atomic mass is 35.5. The van der Waals surface area contributed by atoms with Crippen LogP contribution in [0.2, 0.25) is 0 Å². The Hall–Kier alpha value is -0.580. The lowest BCUT2D eigenvalue weighted by molar-refractivity contribution is 0.170. The first-order chi connectivity index (χ1) is 7.33. The van der Waals surface area contributed by atoms with Gasteiger partial charge in [-0.3, -0.25) is 0 Å². The van der Waals surface area contributed by atoms with Crippen LogP contribution in [0.1, 0.15) is 30.4 Å². The lowest BCUT2D eigenvalue weighted by atomic mass is 10.1. The molecule has 5 heteroatoms. The van der Waals surface area contributed by atoms with Gasteiger partial charge >= 0.3 is 0 Å². The maximum absolute atomic E-state index is 5.17. The van der Waals surface area contributed by atoms with Crippen molar-refractivity contribution in [2.75, 3.05) is 20.2 Å². The Kier molecular flexibility index (Phi) is 5.25. The minimum absolute atomic E-state index is 0. The van der Waals surface area contributed by atoms with Gasteiger partial charge in [-0.2, -0.15) is 0 Å². The van der Waals surface area contributed by atoms with Gasteiger partial charge < -0.3 is 14.6 Å². The Bertz CT molecular complexity index is 321. The van der Waals surface area contributed by atoms with Gasteiger partial charge in [-0.15, -0.1) is 12.4 Å². The zero-order chi connectivity index (χ0) is 10.7. The number of hydrogen-bond donors (Lipinski definition) is 1. The summed E-state index contributed by atoms with van der Waals surface area (Å²) >= 11 is 0. The summed E-state index contributed by atoms with van der Waals surface area (Å²) in [6.45, 7) is 4.91. The van der Waals surface area contributed by atoms with E-state index < -0.39 is 0 Å². The molecule has 1 saturated heterocycles. The summed E-state index contributed by atoms with van der Waals surface area (Å²) in [4.78, 5) is 4.39. The van der Waals surface area contributed by atoms with E-state index in [1.165, 1.54) is 18.5 Å². The molecule has 1 atom stereocenters. The molecule has 1 aliphatic rings. The fourth-order valence-electron chi connectivity index (χ4n) is 2.28. The zero-order valence-corrected chi connectivity index (χ0v) is 10.7. The van der Waals surface area contributed by atoms with Gasteiger partial charge in [-0.1, -0.05) is 0 Å². The van der Waals surface area contributed by atoms with E-state index in [1.54, 1.807) is 7.11 Å². The number of aryl methyl sites for hydroxylation is 1. The van der Waals surface area contributed by atoms with Crippen molar-refractivity contribution in [1.82, 2.24) is 14.9 Å². The fourth-order valence-corrected chi connectivity index (χ4v) is 2.28. The Morgan fingerprint density at radius 3 is 3.06 bits per heavy atom. The van der Waals surface area contributed by atoms with E-state index in [-0.39, 0.29) is 12.4 Å². The quantitative estimate of drug-likeness (QED) is 0.881. The standard InChI is InChI=1S/C11H19N3O.ClH/c1-9-6-13-11(8-15-2)14(9)10-4-3-5-12-7-10;/h6,10,12H,3-5,7-8H2,1-2H3;1H. The number of halogens is 1. The number of aromatic nitrogens is 2. The molecule has 0 saturated carbocycles. The number of piperidine rings is 1. The molecule has 92 valence electrons. The molecule has 0 radical (unpaired) electrons. The average molecular weight is 246 g/mol. The average Bonchev–Trinajstić information content (AvgIpc) is 2.62. The van der Waals surface area contributed by atoms with Crippen molar-refractivity contribution < 1.29 is 4.74 Å². The molecule has 1 fully saturated rings. The van der Waals surface area contributed by atoms with Crippen molar-refractivity contribution in [3.63, 3.8) is 0 Å². The molecule has 0 amide bonds. The van der Waals surface area contributed by atoms with Gasteiger partial charge in [0.15, 0.2) is 0 Å². The summed E-state index contributed by atoms with van der Waals surface area (Å²) in [7, 11) is 1.72. The molecule has 16 heavy (non-hydrogen) atoms. The van der Waals surface area contributed by atoms with Gasteiger partial charge in [0, 0.05) is 31.6 Å². The number of ether oxygens (including phenoxy) is 1. The number of rotatable bonds is 3. The predicted octanol–water partition coefficient (Wildman–Crippen LogP) is 1.68. The van der Waals surface area contributed by atoms with E-state index in [9.17, 15) is 0 Å². The maximum Gasteiger partial charge on any atom is 0.135 e. The molecular formula is C11H20ClN3O. The summed E-state index contributed by atoms with van der Waals surface area (Å²) in [5.41, 5.74) is 1.23. The van der Waals surface area contributed by atoms with Crippen LogP contribution in [-0.4, -0.2) is 29.8 Å². The number of methoxy groups -OCH3 is 1. The minimum atomic E-state index is 0. The summed E-state index contributed by atoms with van der Waals surface area (Å²) < 4.78 is 7.48. The second-order valence-electron chi connectivity index (χ2n) is 4.12. The first kappa shape index (κ1) is 13.5. The second-order valence-corrected chi connectivity index (χ2v) is 4.12. The van der Waals surface area contributed by atoms with Gasteiger partial charge in [0.25, 0.3) is 0 Å². The van der Waals surface area contributed by atoms with Crippen molar-refractivity contribution >= 4 is 12.4 Å². The van der Waals surface area contributed by atoms with E-state index in [4.69, 9.17) is 4.74 Å². The first-order valence-electron chi connectivity index (χ1n) is 5.55. The summed E-state index contributed by atoms with van der Waals surface area (Å²) in [5.74, 6) is 1.05. The van der Waals surface area contributed by atoms with Gasteiger partial charge in [-0.25, -0.2) is 4.98 Å². The number of hydrogen-bond acceptors (Lipinski definition) is 3. The highest BCUT2D eigenvalue weighted by molar-refractivity contribution is 5.85. The van der Waals surface area contributed by atoms with Gasteiger partial charge in [-0.05, 0) is 26.3 Å². The van der Waals surface area contributed by atoms with Gasteiger partial charge in [0.2, 0.25) is 0 Å². The molecule has 0 bridgehead atoms. The van der Waals surface area contributed by atoms with Gasteiger partial charge in [0.05, 0.1) is 0 Å². The van der Waals surface area contributed by atoms with Crippen LogP contribution in [0.3, 0.4) is 0 Å². The Balaban J connectivity index is 0.00000128. The molecule has 2 heterocycles. The normalized spacial score (nSPS) is 20.5. The van der Waals surface area contributed by atoms with Crippen LogP contribution in [0.4, 0.5) is 0 Å². The van der Waals surface area contributed by atoms with Crippen molar-refractivity contribution in [3.8, 4) is 0 Å². The number of nitrogens with one attached hydrogen (secondary N) is 1. The maximum atomic E-state index is 5.17. The minimum Gasteiger partial charge on any atom is -0.377 e. The molecule has 1 aliphatic heterocycles. The number of imidazole rings is 1. The summed E-state index contributed by atoms with van der Waals surface area (Å²) in [5, 5.41) is 3.43. The third kappa shape index (κ3) is 2.75. The van der Waals surface area contributed by atoms with Crippen LogP contribution >= 0.6 is 12.4 Å². The monoisotopic (exact) mass is 245 g/mol. The third-order valence-corrected chi connectivity index (χ3v) is 2.97. The first-order valence-corrected chi connectivity index (χ1v) is 5.55. The number of nitrogens with zero attached hydrogens (tertiary/aromatic N) is 2. The molecule has 0 aromatic carbocycles. The molecule has 1 N–H and O–H groups in total. The molecule has 1 unspecified atom stereocenters. The molecular weight excluding hydrogens is 226 g/mol. The lowest BCUT2D eigenvalue weighted by Gasteiger charge is -2.26. The predicted molar refractivity (Wildman–Crippen MR) is 66.1 cm³/mol. The lowest BCUT2D eigenvalue weighted by Crippen LogP contribution is -2.32. The van der Waals surface area contributed by atoms with Crippen LogP contribution in [0, 0.1) is 6.92 Å². The van der Waals surface area contributed by atoms with Crippen LogP contribution in [0.5, 0.6) is 0 Å². The fraction of sp³-hybridized carbons (Fsp3) is 0.727. The topological polar surface area (TPSA) is 39.1 Å². The summed E-state index contributed by atoms with van der Waals surface area (Å²) in [6.07, 6.45) is 4.42. The SMILES string of the molecule is COCc1ncc(C)n1C1CCCNC1.Cl. The van der Waals surface area contributed by atoms with Crippen molar-refractivity contribution in [1.29, 1.82) is 0 Å². The molecule has 1 aromatic rings. The van der Waals surface area contributed by atoms with Crippen LogP contribution in [-0.2, 0) is 11.3 Å². The third-order valence-electron chi connectivity index (χ3n) is 2.97. The molecule has 2 rings (SSSR count). The smallest absolute Gasteiger partial charge is 0.135 e. The van der Waals surface area contributed by atoms with E-state index >= 15 is 0 Å². The Morgan fingerprint density at radius 2 is 2.44 bits per heavy atom. The van der Waals surface area contributed by atoms with E-state index in [0.29, 0.717) is 12.6 Å². The molecule has 0 aliphatic carbocycles. The highest BCUT2D eigenvalue weighted by Gasteiger charge is 2.19. The van der Waals surface area contributed by atoms with Crippen LogP contribution in [0.15, 0.2) is 6.20 Å². The second kappa shape index (κ2) is 6.23.